The topological polar surface area (TPSA) is 127 Å². The van der Waals surface area contributed by atoms with Gasteiger partial charge in [0.2, 0.25) is 0 Å². The SMILES string of the molecule is O=C(O)C(=O)O.O=C(O)N[C@H]1CC[C@@H](N2CCCC2)CC1. The van der Waals surface area contributed by atoms with E-state index in [1.807, 2.05) is 0 Å². The van der Waals surface area contributed by atoms with Crippen LogP contribution in [0.4, 0.5) is 4.79 Å². The number of carbonyl (C=O) groups is 3. The Balaban J connectivity index is 0.000000315. The van der Waals surface area contributed by atoms with Crippen molar-refractivity contribution in [1.29, 1.82) is 0 Å². The lowest BCUT2D eigenvalue weighted by Crippen LogP contribution is -2.42. The van der Waals surface area contributed by atoms with Crippen LogP contribution in [-0.4, -0.2) is 63.4 Å². The Morgan fingerprint density at radius 3 is 1.71 bits per heavy atom. The molecule has 0 aromatic carbocycles. The van der Waals surface area contributed by atoms with Crippen LogP contribution in [0.5, 0.6) is 0 Å². The number of nitrogens with one attached hydrogen (secondary N) is 1. The van der Waals surface area contributed by atoms with E-state index in [2.05, 4.69) is 10.2 Å². The van der Waals surface area contributed by atoms with E-state index >= 15 is 0 Å². The average Bonchev–Trinajstić information content (AvgIpc) is 2.93. The number of amides is 1. The second-order valence-electron chi connectivity index (χ2n) is 5.31. The third-order valence-electron chi connectivity index (χ3n) is 3.86. The van der Waals surface area contributed by atoms with Crippen molar-refractivity contribution in [3.63, 3.8) is 0 Å². The van der Waals surface area contributed by atoms with E-state index in [0.29, 0.717) is 0 Å². The molecule has 1 aliphatic heterocycles. The molecule has 0 bridgehead atoms. The molecule has 1 aliphatic carbocycles. The highest BCUT2D eigenvalue weighted by atomic mass is 16.4. The number of carboxylic acid groups (broad SMARTS) is 3. The maximum Gasteiger partial charge on any atom is 0.414 e. The van der Waals surface area contributed by atoms with Crippen molar-refractivity contribution in [3.8, 4) is 0 Å². The summed E-state index contributed by atoms with van der Waals surface area (Å²) in [6, 6.07) is 0.917. The van der Waals surface area contributed by atoms with Gasteiger partial charge in [-0.25, -0.2) is 14.4 Å². The summed E-state index contributed by atoms with van der Waals surface area (Å²) < 4.78 is 0. The molecule has 0 aromatic rings. The van der Waals surface area contributed by atoms with Crippen molar-refractivity contribution in [2.45, 2.75) is 50.6 Å². The van der Waals surface area contributed by atoms with E-state index in [-0.39, 0.29) is 6.04 Å². The summed E-state index contributed by atoms with van der Waals surface area (Å²) >= 11 is 0. The average molecular weight is 302 g/mol. The Kier molecular flexibility index (Phi) is 6.93. The zero-order valence-electron chi connectivity index (χ0n) is 11.8. The number of nitrogens with zero attached hydrogens (tertiary/aromatic N) is 1. The van der Waals surface area contributed by atoms with Crippen LogP contribution in [0.1, 0.15) is 38.5 Å². The third kappa shape index (κ3) is 6.44. The first-order valence-corrected chi connectivity index (χ1v) is 7.10. The lowest BCUT2D eigenvalue weighted by atomic mass is 9.90. The first kappa shape index (κ1) is 17.2. The van der Waals surface area contributed by atoms with Crippen LogP contribution in [0.25, 0.3) is 0 Å². The van der Waals surface area contributed by atoms with Gasteiger partial charge in [0.05, 0.1) is 0 Å². The molecule has 1 saturated carbocycles. The maximum absolute atomic E-state index is 10.5. The number of rotatable bonds is 2. The predicted octanol–water partition coefficient (Wildman–Crippen LogP) is 0.817. The molecule has 1 amide bonds. The molecule has 0 aromatic heterocycles. The first-order valence-electron chi connectivity index (χ1n) is 7.10. The van der Waals surface area contributed by atoms with E-state index in [0.717, 1.165) is 31.7 Å². The van der Waals surface area contributed by atoms with Crippen molar-refractivity contribution in [2.75, 3.05) is 13.1 Å². The van der Waals surface area contributed by atoms with Crippen molar-refractivity contribution < 1.29 is 29.7 Å². The van der Waals surface area contributed by atoms with Crippen molar-refractivity contribution in [2.24, 2.45) is 0 Å². The van der Waals surface area contributed by atoms with Gasteiger partial charge in [-0.1, -0.05) is 0 Å². The third-order valence-corrected chi connectivity index (χ3v) is 3.86. The van der Waals surface area contributed by atoms with Crippen molar-refractivity contribution in [1.82, 2.24) is 10.2 Å². The van der Waals surface area contributed by atoms with E-state index in [4.69, 9.17) is 24.9 Å². The largest absolute Gasteiger partial charge is 0.473 e. The maximum atomic E-state index is 10.5. The normalized spacial score (nSPS) is 25.5. The lowest BCUT2D eigenvalue weighted by Gasteiger charge is -2.34. The Hall–Kier alpha value is -1.83. The van der Waals surface area contributed by atoms with Crippen LogP contribution >= 0.6 is 0 Å². The second kappa shape index (κ2) is 8.46. The Labute approximate surface area is 122 Å². The molecule has 0 spiro atoms. The predicted molar refractivity (Wildman–Crippen MR) is 73.3 cm³/mol. The summed E-state index contributed by atoms with van der Waals surface area (Å²) in [7, 11) is 0. The minimum absolute atomic E-state index is 0.196. The number of likely N-dealkylation sites (tertiary alicyclic amines) is 1. The van der Waals surface area contributed by atoms with Crippen molar-refractivity contribution in [3.05, 3.63) is 0 Å². The van der Waals surface area contributed by atoms with Crippen molar-refractivity contribution >= 4 is 18.0 Å². The van der Waals surface area contributed by atoms with Gasteiger partial charge in [-0.3, -0.25) is 0 Å². The van der Waals surface area contributed by atoms with Gasteiger partial charge in [0, 0.05) is 12.1 Å². The van der Waals surface area contributed by atoms with Gasteiger partial charge in [-0.05, 0) is 51.6 Å². The molecular weight excluding hydrogens is 280 g/mol. The van der Waals surface area contributed by atoms with Crippen LogP contribution in [0.15, 0.2) is 0 Å². The molecule has 0 radical (unpaired) electrons. The number of aliphatic carboxylic acids is 2. The molecule has 21 heavy (non-hydrogen) atoms. The smallest absolute Gasteiger partial charge is 0.414 e. The van der Waals surface area contributed by atoms with Gasteiger partial charge in [0.15, 0.2) is 0 Å². The van der Waals surface area contributed by atoms with Gasteiger partial charge >= 0.3 is 18.0 Å². The van der Waals surface area contributed by atoms with Gasteiger partial charge < -0.3 is 25.5 Å². The van der Waals surface area contributed by atoms with Gasteiger partial charge in [0.1, 0.15) is 0 Å². The zero-order valence-corrected chi connectivity index (χ0v) is 11.8. The molecule has 1 saturated heterocycles. The molecule has 8 heteroatoms. The molecule has 0 atom stereocenters. The fourth-order valence-corrected chi connectivity index (χ4v) is 2.87. The monoisotopic (exact) mass is 302 g/mol. The van der Waals surface area contributed by atoms with E-state index in [1.54, 1.807) is 0 Å². The molecule has 120 valence electrons. The summed E-state index contributed by atoms with van der Waals surface area (Å²) in [6.07, 6.45) is 6.14. The highest BCUT2D eigenvalue weighted by molar-refractivity contribution is 6.27. The molecule has 2 rings (SSSR count). The minimum atomic E-state index is -1.82. The van der Waals surface area contributed by atoms with Crippen LogP contribution in [0, 0.1) is 0 Å². The van der Waals surface area contributed by atoms with E-state index < -0.39 is 18.0 Å². The van der Waals surface area contributed by atoms with Gasteiger partial charge in [-0.15, -0.1) is 0 Å². The summed E-state index contributed by atoms with van der Waals surface area (Å²) in [4.78, 5) is 31.3. The Bertz CT molecular complexity index is 361. The molecule has 0 unspecified atom stereocenters. The van der Waals surface area contributed by atoms with E-state index in [1.165, 1.54) is 25.9 Å². The zero-order chi connectivity index (χ0) is 15.8. The summed E-state index contributed by atoms with van der Waals surface area (Å²) in [6.45, 7) is 2.50. The number of carboxylic acids is 2. The molecule has 8 nitrogen and oxygen atoms in total. The minimum Gasteiger partial charge on any atom is -0.473 e. The van der Waals surface area contributed by atoms with E-state index in [9.17, 15) is 4.79 Å². The number of hydrogen-bond donors (Lipinski definition) is 4. The standard InChI is InChI=1S/C11H20N2O2.C2H2O4/c14-11(15)12-9-3-5-10(6-4-9)13-7-1-2-8-13;3-1(4)2(5)6/h9-10,12H,1-8H2,(H,14,15);(H,3,4)(H,5,6)/t9-,10+;. The van der Waals surface area contributed by atoms with Crippen LogP contribution in [0.3, 0.4) is 0 Å². The summed E-state index contributed by atoms with van der Waals surface area (Å²) in [5.74, 6) is -3.65. The fraction of sp³-hybridized carbons (Fsp3) is 0.769. The highest BCUT2D eigenvalue weighted by Crippen LogP contribution is 2.25. The quantitative estimate of drug-likeness (QED) is 0.556. The van der Waals surface area contributed by atoms with Crippen LogP contribution in [0.2, 0.25) is 0 Å². The van der Waals surface area contributed by atoms with Gasteiger partial charge in [-0.2, -0.15) is 0 Å². The Morgan fingerprint density at radius 1 is 0.857 bits per heavy atom. The summed E-state index contributed by atoms with van der Waals surface area (Å²) in [5, 5.41) is 26.0. The Morgan fingerprint density at radius 2 is 1.33 bits per heavy atom. The number of hydrogen-bond acceptors (Lipinski definition) is 4. The van der Waals surface area contributed by atoms with Gasteiger partial charge in [0.25, 0.3) is 0 Å². The molecule has 1 heterocycles. The molecule has 4 N–H and O–H groups in total. The first-order chi connectivity index (χ1) is 9.90. The summed E-state index contributed by atoms with van der Waals surface area (Å²) in [5.41, 5.74) is 0. The fourth-order valence-electron chi connectivity index (χ4n) is 2.87. The molecular formula is C13H22N2O6. The van der Waals surface area contributed by atoms with Crippen LogP contribution in [-0.2, 0) is 9.59 Å². The lowest BCUT2D eigenvalue weighted by molar-refractivity contribution is -0.159. The highest BCUT2D eigenvalue weighted by Gasteiger charge is 2.27. The molecule has 2 fully saturated rings. The second-order valence-corrected chi connectivity index (χ2v) is 5.31. The van der Waals surface area contributed by atoms with Crippen LogP contribution < -0.4 is 5.32 Å². The molecule has 2 aliphatic rings.